The molecule has 0 unspecified atom stereocenters. The van der Waals surface area contributed by atoms with E-state index >= 15 is 0 Å². The SMILES string of the molecule is COc1cccc([C@@H]2[C@@H](N)CCN2C(C)C)c1. The Hall–Kier alpha value is -1.06. The minimum absolute atomic E-state index is 0.226. The van der Waals surface area contributed by atoms with Crippen LogP contribution in [0, 0.1) is 0 Å². The number of rotatable bonds is 3. The second-order valence-electron chi connectivity index (χ2n) is 5.01. The zero-order valence-corrected chi connectivity index (χ0v) is 10.9. The summed E-state index contributed by atoms with van der Waals surface area (Å²) in [4.78, 5) is 2.47. The molecule has 0 amide bonds. The first kappa shape index (κ1) is 12.4. The molecule has 0 bridgehead atoms. The second kappa shape index (κ2) is 5.07. The van der Waals surface area contributed by atoms with E-state index < -0.39 is 0 Å². The summed E-state index contributed by atoms with van der Waals surface area (Å²) in [6, 6.07) is 9.34. The van der Waals surface area contributed by atoms with Gasteiger partial charge in [-0.05, 0) is 38.0 Å². The van der Waals surface area contributed by atoms with Crippen LogP contribution >= 0.6 is 0 Å². The third-order valence-corrected chi connectivity index (χ3v) is 3.58. The Morgan fingerprint density at radius 3 is 2.82 bits per heavy atom. The second-order valence-corrected chi connectivity index (χ2v) is 5.01. The predicted molar refractivity (Wildman–Crippen MR) is 70.2 cm³/mol. The molecular formula is C14H22N2O. The molecular weight excluding hydrogens is 212 g/mol. The van der Waals surface area contributed by atoms with Gasteiger partial charge < -0.3 is 10.5 Å². The number of benzene rings is 1. The summed E-state index contributed by atoms with van der Waals surface area (Å²) in [6.07, 6.45) is 1.07. The Kier molecular flexibility index (Phi) is 3.69. The first-order valence-electron chi connectivity index (χ1n) is 6.28. The fraction of sp³-hybridized carbons (Fsp3) is 0.571. The third-order valence-electron chi connectivity index (χ3n) is 3.58. The Morgan fingerprint density at radius 1 is 1.41 bits per heavy atom. The van der Waals surface area contributed by atoms with Gasteiger partial charge in [0.15, 0.2) is 0 Å². The van der Waals surface area contributed by atoms with E-state index in [-0.39, 0.29) is 6.04 Å². The molecule has 2 atom stereocenters. The van der Waals surface area contributed by atoms with Crippen molar-refractivity contribution in [1.82, 2.24) is 4.90 Å². The summed E-state index contributed by atoms with van der Waals surface area (Å²) in [7, 11) is 1.70. The molecule has 17 heavy (non-hydrogen) atoms. The smallest absolute Gasteiger partial charge is 0.119 e. The lowest BCUT2D eigenvalue weighted by molar-refractivity contribution is 0.198. The van der Waals surface area contributed by atoms with Gasteiger partial charge in [-0.1, -0.05) is 12.1 Å². The van der Waals surface area contributed by atoms with E-state index in [1.165, 1.54) is 5.56 Å². The van der Waals surface area contributed by atoms with Crippen LogP contribution in [0.2, 0.25) is 0 Å². The highest BCUT2D eigenvalue weighted by molar-refractivity contribution is 5.32. The van der Waals surface area contributed by atoms with Crippen molar-refractivity contribution in [2.24, 2.45) is 5.73 Å². The number of nitrogens with zero attached hydrogens (tertiary/aromatic N) is 1. The molecule has 94 valence electrons. The van der Waals surface area contributed by atoms with Crippen LogP contribution in [-0.4, -0.2) is 30.6 Å². The fourth-order valence-corrected chi connectivity index (χ4v) is 2.68. The number of likely N-dealkylation sites (tertiary alicyclic amines) is 1. The van der Waals surface area contributed by atoms with Crippen molar-refractivity contribution in [2.45, 2.75) is 38.4 Å². The predicted octanol–water partition coefficient (Wildman–Crippen LogP) is 2.18. The summed E-state index contributed by atoms with van der Waals surface area (Å²) in [5, 5.41) is 0. The van der Waals surface area contributed by atoms with Crippen molar-refractivity contribution in [3.8, 4) is 5.75 Å². The van der Waals surface area contributed by atoms with Crippen LogP contribution in [0.25, 0.3) is 0 Å². The van der Waals surface area contributed by atoms with Crippen molar-refractivity contribution in [3.05, 3.63) is 29.8 Å². The van der Waals surface area contributed by atoms with Crippen molar-refractivity contribution in [2.75, 3.05) is 13.7 Å². The lowest BCUT2D eigenvalue weighted by Gasteiger charge is -2.30. The average molecular weight is 234 g/mol. The number of ether oxygens (including phenoxy) is 1. The van der Waals surface area contributed by atoms with Gasteiger partial charge in [0.25, 0.3) is 0 Å². The molecule has 0 spiro atoms. The largest absolute Gasteiger partial charge is 0.497 e. The molecule has 1 fully saturated rings. The quantitative estimate of drug-likeness (QED) is 0.871. The standard InChI is InChI=1S/C14H22N2O/c1-10(2)16-8-7-13(15)14(16)11-5-4-6-12(9-11)17-3/h4-6,9-10,13-14H,7-8,15H2,1-3H3/t13-,14+/m0/s1. The van der Waals surface area contributed by atoms with Gasteiger partial charge in [0.1, 0.15) is 5.75 Å². The summed E-state index contributed by atoms with van der Waals surface area (Å²) in [6.45, 7) is 5.54. The van der Waals surface area contributed by atoms with Crippen LogP contribution < -0.4 is 10.5 Å². The van der Waals surface area contributed by atoms with Crippen LogP contribution in [0.5, 0.6) is 5.75 Å². The van der Waals surface area contributed by atoms with Crippen molar-refractivity contribution in [1.29, 1.82) is 0 Å². The summed E-state index contributed by atoms with van der Waals surface area (Å²) >= 11 is 0. The van der Waals surface area contributed by atoms with Gasteiger partial charge in [0.05, 0.1) is 13.2 Å². The Morgan fingerprint density at radius 2 is 2.18 bits per heavy atom. The Balaban J connectivity index is 2.29. The molecule has 0 radical (unpaired) electrons. The van der Waals surface area contributed by atoms with E-state index in [1.807, 2.05) is 12.1 Å². The number of methoxy groups -OCH3 is 1. The van der Waals surface area contributed by atoms with Crippen molar-refractivity contribution < 1.29 is 4.74 Å². The van der Waals surface area contributed by atoms with Gasteiger partial charge >= 0.3 is 0 Å². The molecule has 2 N–H and O–H groups in total. The van der Waals surface area contributed by atoms with E-state index in [1.54, 1.807) is 7.11 Å². The lowest BCUT2D eigenvalue weighted by Crippen LogP contribution is -2.35. The summed E-state index contributed by atoms with van der Waals surface area (Å²) < 4.78 is 5.29. The Labute approximate surface area is 104 Å². The molecule has 0 aromatic heterocycles. The average Bonchev–Trinajstić information content (AvgIpc) is 2.71. The van der Waals surface area contributed by atoms with Gasteiger partial charge in [0.2, 0.25) is 0 Å². The summed E-state index contributed by atoms with van der Waals surface area (Å²) in [5.74, 6) is 0.908. The van der Waals surface area contributed by atoms with E-state index in [0.29, 0.717) is 12.1 Å². The summed E-state index contributed by atoms with van der Waals surface area (Å²) in [5.41, 5.74) is 7.51. The highest BCUT2D eigenvalue weighted by Crippen LogP contribution is 2.34. The van der Waals surface area contributed by atoms with Gasteiger partial charge in [-0.2, -0.15) is 0 Å². The van der Waals surface area contributed by atoms with Crippen LogP contribution in [-0.2, 0) is 0 Å². The molecule has 1 aliphatic rings. The topological polar surface area (TPSA) is 38.5 Å². The van der Waals surface area contributed by atoms with Crippen LogP contribution in [0.1, 0.15) is 31.9 Å². The maximum atomic E-state index is 6.25. The minimum Gasteiger partial charge on any atom is -0.497 e. The molecule has 1 aromatic rings. The number of hydrogen-bond acceptors (Lipinski definition) is 3. The maximum absolute atomic E-state index is 6.25. The molecule has 1 heterocycles. The van der Waals surface area contributed by atoms with Crippen LogP contribution in [0.3, 0.4) is 0 Å². The van der Waals surface area contributed by atoms with Crippen LogP contribution in [0.4, 0.5) is 0 Å². The van der Waals surface area contributed by atoms with Gasteiger partial charge in [0, 0.05) is 18.6 Å². The zero-order chi connectivity index (χ0) is 12.4. The number of nitrogens with two attached hydrogens (primary N) is 1. The van der Waals surface area contributed by atoms with Gasteiger partial charge in [-0.3, -0.25) is 4.90 Å². The highest BCUT2D eigenvalue weighted by Gasteiger charge is 2.34. The molecule has 0 aliphatic carbocycles. The van der Waals surface area contributed by atoms with E-state index in [2.05, 4.69) is 30.9 Å². The van der Waals surface area contributed by atoms with E-state index in [9.17, 15) is 0 Å². The zero-order valence-electron chi connectivity index (χ0n) is 10.9. The van der Waals surface area contributed by atoms with Crippen molar-refractivity contribution >= 4 is 0 Å². The molecule has 1 saturated heterocycles. The minimum atomic E-state index is 0.226. The Bertz CT molecular complexity index is 378. The number of hydrogen-bond donors (Lipinski definition) is 1. The lowest BCUT2D eigenvalue weighted by atomic mass is 10.00. The first-order chi connectivity index (χ1) is 8.13. The normalized spacial score (nSPS) is 25.5. The first-order valence-corrected chi connectivity index (χ1v) is 6.28. The van der Waals surface area contributed by atoms with Crippen LogP contribution in [0.15, 0.2) is 24.3 Å². The molecule has 2 rings (SSSR count). The monoisotopic (exact) mass is 234 g/mol. The van der Waals surface area contributed by atoms with E-state index in [0.717, 1.165) is 18.7 Å². The van der Waals surface area contributed by atoms with Gasteiger partial charge in [-0.15, -0.1) is 0 Å². The highest BCUT2D eigenvalue weighted by atomic mass is 16.5. The molecule has 1 aromatic carbocycles. The van der Waals surface area contributed by atoms with E-state index in [4.69, 9.17) is 10.5 Å². The fourth-order valence-electron chi connectivity index (χ4n) is 2.68. The molecule has 3 heteroatoms. The molecule has 3 nitrogen and oxygen atoms in total. The van der Waals surface area contributed by atoms with Crippen molar-refractivity contribution in [3.63, 3.8) is 0 Å². The van der Waals surface area contributed by atoms with Gasteiger partial charge in [-0.25, -0.2) is 0 Å². The molecule has 1 aliphatic heterocycles. The maximum Gasteiger partial charge on any atom is 0.119 e. The third kappa shape index (κ3) is 2.45. The molecule has 0 saturated carbocycles.